The Balaban J connectivity index is 1.35. The molecule has 0 spiro atoms. The molecular formula is C37H25N3O. The van der Waals surface area contributed by atoms with Crippen LogP contribution in [0.1, 0.15) is 24.2 Å². The van der Waals surface area contributed by atoms with E-state index in [2.05, 4.69) is 12.1 Å². The number of aromatic nitrogens is 3. The third kappa shape index (κ3) is 4.04. The second kappa shape index (κ2) is 9.68. The normalized spacial score (nSPS) is 18.7. The summed E-state index contributed by atoms with van der Waals surface area (Å²) in [7, 11) is 0. The summed E-state index contributed by atoms with van der Waals surface area (Å²) in [6.45, 7) is 0. The molecule has 1 aromatic heterocycles. The predicted octanol–water partition coefficient (Wildman–Crippen LogP) is 8.52. The molecule has 0 bridgehead atoms. The first-order valence-corrected chi connectivity index (χ1v) is 13.5. The molecule has 0 radical (unpaired) electrons. The van der Waals surface area contributed by atoms with Gasteiger partial charge in [-0.15, -0.1) is 0 Å². The van der Waals surface area contributed by atoms with Gasteiger partial charge in [-0.1, -0.05) is 127 Å². The number of rotatable bonds is 4. The van der Waals surface area contributed by atoms with Crippen molar-refractivity contribution in [1.82, 2.24) is 15.0 Å². The molecule has 4 heteroatoms. The zero-order chi connectivity index (χ0) is 31.5. The van der Waals surface area contributed by atoms with Crippen LogP contribution in [0.2, 0.25) is 0 Å². The van der Waals surface area contributed by atoms with Gasteiger partial charge in [0.05, 0.1) is 12.8 Å². The Morgan fingerprint density at radius 2 is 1.32 bits per heavy atom. The number of allylic oxidation sites excluding steroid dienone is 2. The van der Waals surface area contributed by atoms with E-state index in [0.717, 1.165) is 38.8 Å². The minimum Gasteiger partial charge on any atom is -0.485 e. The van der Waals surface area contributed by atoms with Crippen LogP contribution in [0, 0.1) is 0 Å². The number of hydrogen-bond acceptors (Lipinski definition) is 4. The Kier molecular flexibility index (Phi) is 4.45. The van der Waals surface area contributed by atoms with E-state index < -0.39 is 6.04 Å². The van der Waals surface area contributed by atoms with E-state index in [9.17, 15) is 0 Å². The summed E-state index contributed by atoms with van der Waals surface area (Å²) in [6, 6.07) is 27.4. The molecule has 41 heavy (non-hydrogen) atoms. The van der Waals surface area contributed by atoms with Gasteiger partial charge in [-0.3, -0.25) is 0 Å². The number of hydrogen-bond donors (Lipinski definition) is 0. The molecular weight excluding hydrogens is 502 g/mol. The number of para-hydroxylation sites is 1. The molecule has 6 aromatic rings. The second-order valence-corrected chi connectivity index (χ2v) is 9.98. The summed E-state index contributed by atoms with van der Waals surface area (Å²) in [5.74, 6) is 2.30. The first-order valence-electron chi connectivity index (χ1n) is 16.0. The zero-order valence-electron chi connectivity index (χ0n) is 26.8. The zero-order valence-corrected chi connectivity index (χ0v) is 21.8. The Bertz CT molecular complexity index is 2240. The Morgan fingerprint density at radius 3 is 2.17 bits per heavy atom. The van der Waals surface area contributed by atoms with Crippen LogP contribution in [-0.2, 0) is 0 Å². The van der Waals surface area contributed by atoms with Crippen molar-refractivity contribution in [1.29, 1.82) is 0 Å². The van der Waals surface area contributed by atoms with Crippen molar-refractivity contribution in [2.45, 2.75) is 12.0 Å². The number of nitrogens with zero attached hydrogens (tertiary/aromatic N) is 3. The third-order valence-electron chi connectivity index (χ3n) is 7.62. The summed E-state index contributed by atoms with van der Waals surface area (Å²) in [6.07, 6.45) is 5.91. The fourth-order valence-corrected chi connectivity index (χ4v) is 5.77. The molecule has 194 valence electrons. The Hall–Kier alpha value is -5.35. The maximum atomic E-state index is 8.61. The fraction of sp³-hybridized carbons (Fsp3) is 0.0541. The molecule has 2 aliphatic rings. The minimum absolute atomic E-state index is 0.0803. The molecule has 0 fully saturated rings. The molecule has 0 amide bonds. The van der Waals surface area contributed by atoms with Gasteiger partial charge in [0, 0.05) is 22.3 Å². The highest BCUT2D eigenvalue weighted by molar-refractivity contribution is 6.03. The summed E-state index contributed by atoms with van der Waals surface area (Å²) >= 11 is 0. The van der Waals surface area contributed by atoms with E-state index in [1.54, 1.807) is 6.07 Å². The van der Waals surface area contributed by atoms with Crippen molar-refractivity contribution in [3.8, 4) is 39.7 Å². The van der Waals surface area contributed by atoms with Crippen LogP contribution in [0.3, 0.4) is 0 Å². The van der Waals surface area contributed by atoms with Gasteiger partial charge in [0.15, 0.2) is 17.5 Å². The van der Waals surface area contributed by atoms with Crippen molar-refractivity contribution < 1.29 is 11.6 Å². The molecule has 8 rings (SSSR count). The quantitative estimate of drug-likeness (QED) is 0.228. The van der Waals surface area contributed by atoms with Gasteiger partial charge < -0.3 is 4.74 Å². The topological polar surface area (TPSA) is 47.9 Å². The molecule has 2 unspecified atom stereocenters. The first kappa shape index (κ1) is 18.9. The predicted molar refractivity (Wildman–Crippen MR) is 164 cm³/mol. The van der Waals surface area contributed by atoms with E-state index in [0.29, 0.717) is 23.0 Å². The highest BCUT2D eigenvalue weighted by atomic mass is 16.5. The van der Waals surface area contributed by atoms with Crippen LogP contribution in [-0.4, -0.2) is 21.1 Å². The molecule has 1 aliphatic heterocycles. The molecule has 0 saturated heterocycles. The van der Waals surface area contributed by atoms with Crippen LogP contribution in [0.15, 0.2) is 139 Å². The average molecular weight is 533 g/mol. The monoisotopic (exact) mass is 532 g/mol. The Labute approximate surface area is 245 Å². The van der Waals surface area contributed by atoms with Crippen molar-refractivity contribution in [2.24, 2.45) is 0 Å². The summed E-state index contributed by atoms with van der Waals surface area (Å²) < 4.78 is 48.0. The van der Waals surface area contributed by atoms with E-state index in [-0.39, 0.29) is 41.8 Å². The van der Waals surface area contributed by atoms with Crippen molar-refractivity contribution >= 4 is 16.3 Å². The summed E-state index contributed by atoms with van der Waals surface area (Å²) in [4.78, 5) is 15.0. The number of benzene rings is 5. The van der Waals surface area contributed by atoms with Gasteiger partial charge in [0.25, 0.3) is 0 Å². The van der Waals surface area contributed by atoms with Crippen LogP contribution >= 0.6 is 0 Å². The number of fused-ring (bicyclic) bond motifs is 4. The fourth-order valence-electron chi connectivity index (χ4n) is 5.77. The molecule has 2 atom stereocenters. The molecule has 2 heterocycles. The maximum absolute atomic E-state index is 8.61. The van der Waals surface area contributed by atoms with Crippen molar-refractivity contribution in [3.63, 3.8) is 0 Å². The molecule has 0 N–H and O–H groups in total. The summed E-state index contributed by atoms with van der Waals surface area (Å²) in [5.41, 5.74) is 4.29. The number of ether oxygens (including phenoxy) is 1. The van der Waals surface area contributed by atoms with E-state index >= 15 is 0 Å². The van der Waals surface area contributed by atoms with Gasteiger partial charge in [-0.2, -0.15) is 0 Å². The highest BCUT2D eigenvalue weighted by Crippen LogP contribution is 2.47. The van der Waals surface area contributed by atoms with E-state index in [1.165, 1.54) is 0 Å². The lowest BCUT2D eigenvalue weighted by atomic mass is 9.84. The molecule has 0 saturated carbocycles. The lowest BCUT2D eigenvalue weighted by molar-refractivity contribution is 0.271. The third-order valence-corrected chi connectivity index (χ3v) is 7.62. The van der Waals surface area contributed by atoms with E-state index in [1.807, 2.05) is 91.0 Å². The van der Waals surface area contributed by atoms with Crippen LogP contribution in [0.25, 0.3) is 50.2 Å². The van der Waals surface area contributed by atoms with Gasteiger partial charge in [0.2, 0.25) is 0 Å². The highest BCUT2D eigenvalue weighted by Gasteiger charge is 2.38. The minimum atomic E-state index is -0.421. The molecule has 5 aromatic carbocycles. The Morgan fingerprint density at radius 1 is 0.610 bits per heavy atom. The second-order valence-electron chi connectivity index (χ2n) is 9.98. The largest absolute Gasteiger partial charge is 0.485 e. The van der Waals surface area contributed by atoms with Crippen LogP contribution in [0.5, 0.6) is 5.75 Å². The van der Waals surface area contributed by atoms with Crippen molar-refractivity contribution in [2.75, 3.05) is 0 Å². The molecule has 4 nitrogen and oxygen atoms in total. The van der Waals surface area contributed by atoms with Gasteiger partial charge in [0.1, 0.15) is 11.9 Å². The average Bonchev–Trinajstić information content (AvgIpc) is 3.49. The summed E-state index contributed by atoms with van der Waals surface area (Å²) in [5, 5.41) is 1.51. The lowest BCUT2D eigenvalue weighted by Crippen LogP contribution is -2.20. The molecule has 1 aliphatic carbocycles. The van der Waals surface area contributed by atoms with Gasteiger partial charge in [-0.05, 0) is 34.0 Å². The first-order chi connectivity index (χ1) is 22.4. The van der Waals surface area contributed by atoms with Gasteiger partial charge in [-0.25, -0.2) is 15.0 Å². The van der Waals surface area contributed by atoms with Crippen LogP contribution in [0.4, 0.5) is 0 Å². The smallest absolute Gasteiger partial charge is 0.164 e. The standard InChI is InChI=1S/C37H25N3O/c1-3-12-24(13-4-1)26-17-9-19-28-27(26)18-10-20-29(28)36-38-35(25-14-5-2-6-15-25)39-37(40-36)31-21-11-23-33-34(31)30-16-7-8-22-32(30)41-33/h1-23,33-34H/i1D,3D,4D,12D,13D. The maximum Gasteiger partial charge on any atom is 0.164 e. The van der Waals surface area contributed by atoms with E-state index in [4.69, 9.17) is 26.5 Å². The van der Waals surface area contributed by atoms with Crippen LogP contribution < -0.4 is 4.74 Å². The van der Waals surface area contributed by atoms with Crippen molar-refractivity contribution in [3.05, 3.63) is 151 Å². The SMILES string of the molecule is [2H]c1c([2H])c([2H])c(-c2cccc3c(-c4nc(C5=CC=CC6Oc7ccccc7C56)nc(-c5ccccc5)n4)cccc23)c([2H])c1[2H]. The van der Waals surface area contributed by atoms with Gasteiger partial charge >= 0.3 is 0 Å². The lowest BCUT2D eigenvalue weighted by Gasteiger charge is -2.22.